The van der Waals surface area contributed by atoms with Gasteiger partial charge in [0.25, 0.3) is 5.91 Å². The van der Waals surface area contributed by atoms with Gasteiger partial charge in [0.2, 0.25) is 5.91 Å². The van der Waals surface area contributed by atoms with Gasteiger partial charge in [0.15, 0.2) is 0 Å². The number of benzene rings is 2. The molecule has 3 N–H and O–H groups in total. The van der Waals surface area contributed by atoms with E-state index < -0.39 is 6.04 Å². The Bertz CT molecular complexity index is 1110. The summed E-state index contributed by atoms with van der Waals surface area (Å²) in [6, 6.07) is 11.5. The standard InChI is InChI=1S/C23H25ClN4O3/c1-13(2)20(28-22(29)15-6-3-4-7-16(15)24)23(30)25-14-9-10-17-18(12-14)27-21(26-17)19-8-5-11-31-19/h3-4,6-7,9-10,12-13,19-20H,5,8,11H2,1-2H3,(H,25,30)(H,26,27)(H,28,29). The van der Waals surface area contributed by atoms with Gasteiger partial charge >= 0.3 is 0 Å². The SMILES string of the molecule is CC(C)C(NC(=O)c1ccccc1Cl)C(=O)Nc1ccc2nc(C3CCCO3)[nH]c2c1. The number of hydrogen-bond acceptors (Lipinski definition) is 4. The molecule has 0 aliphatic carbocycles. The Morgan fingerprint density at radius 2 is 2.03 bits per heavy atom. The monoisotopic (exact) mass is 440 g/mol. The second-order valence-electron chi connectivity index (χ2n) is 8.02. The van der Waals surface area contributed by atoms with Gasteiger partial charge in [-0.15, -0.1) is 0 Å². The van der Waals surface area contributed by atoms with Crippen molar-refractivity contribution in [2.75, 3.05) is 11.9 Å². The number of amides is 2. The Morgan fingerprint density at radius 3 is 2.74 bits per heavy atom. The van der Waals surface area contributed by atoms with E-state index in [4.69, 9.17) is 16.3 Å². The van der Waals surface area contributed by atoms with Gasteiger partial charge in [0.05, 0.1) is 21.6 Å². The van der Waals surface area contributed by atoms with E-state index in [9.17, 15) is 9.59 Å². The Balaban J connectivity index is 1.48. The maximum absolute atomic E-state index is 13.0. The number of H-pyrrole nitrogens is 1. The van der Waals surface area contributed by atoms with Gasteiger partial charge in [-0.05, 0) is 49.1 Å². The van der Waals surface area contributed by atoms with Crippen LogP contribution in [0.4, 0.5) is 5.69 Å². The maximum atomic E-state index is 13.0. The van der Waals surface area contributed by atoms with Gasteiger partial charge in [0, 0.05) is 12.3 Å². The first kappa shape index (κ1) is 21.3. The largest absolute Gasteiger partial charge is 0.370 e. The number of ether oxygens (including phenoxy) is 1. The molecule has 1 aliphatic heterocycles. The lowest BCUT2D eigenvalue weighted by Gasteiger charge is -2.22. The Kier molecular flexibility index (Phi) is 6.25. The molecule has 4 rings (SSSR count). The van der Waals surface area contributed by atoms with Crippen molar-refractivity contribution in [2.45, 2.75) is 38.8 Å². The van der Waals surface area contributed by atoms with E-state index in [1.165, 1.54) is 0 Å². The number of nitrogens with zero attached hydrogens (tertiary/aromatic N) is 1. The fraction of sp³-hybridized carbons (Fsp3) is 0.348. The average Bonchev–Trinajstić information content (AvgIpc) is 3.41. The number of rotatable bonds is 6. The second-order valence-corrected chi connectivity index (χ2v) is 8.43. The van der Waals surface area contributed by atoms with Crippen LogP contribution in [0.5, 0.6) is 0 Å². The zero-order valence-corrected chi connectivity index (χ0v) is 18.2. The molecule has 3 aromatic rings. The molecule has 2 aromatic carbocycles. The molecule has 162 valence electrons. The third-order valence-electron chi connectivity index (χ3n) is 5.36. The van der Waals surface area contributed by atoms with E-state index in [1.807, 2.05) is 26.0 Å². The summed E-state index contributed by atoms with van der Waals surface area (Å²) in [5, 5.41) is 6.04. The molecule has 0 spiro atoms. The smallest absolute Gasteiger partial charge is 0.253 e. The minimum atomic E-state index is -0.719. The summed E-state index contributed by atoms with van der Waals surface area (Å²) in [4.78, 5) is 33.5. The van der Waals surface area contributed by atoms with Gasteiger partial charge in [-0.2, -0.15) is 0 Å². The third-order valence-corrected chi connectivity index (χ3v) is 5.69. The van der Waals surface area contributed by atoms with Crippen LogP contribution in [0.3, 0.4) is 0 Å². The van der Waals surface area contributed by atoms with Crippen molar-refractivity contribution in [3.05, 3.63) is 58.9 Å². The van der Waals surface area contributed by atoms with Crippen molar-refractivity contribution in [3.63, 3.8) is 0 Å². The predicted molar refractivity (Wildman–Crippen MR) is 120 cm³/mol. The number of hydrogen-bond donors (Lipinski definition) is 3. The Morgan fingerprint density at radius 1 is 1.23 bits per heavy atom. The van der Waals surface area contributed by atoms with Crippen molar-refractivity contribution in [1.29, 1.82) is 0 Å². The molecule has 1 fully saturated rings. The molecule has 8 heteroatoms. The van der Waals surface area contributed by atoms with Crippen LogP contribution < -0.4 is 10.6 Å². The lowest BCUT2D eigenvalue weighted by molar-refractivity contribution is -0.118. The summed E-state index contributed by atoms with van der Waals surface area (Å²) in [5.74, 6) is 0.00905. The van der Waals surface area contributed by atoms with Gasteiger partial charge < -0.3 is 20.4 Å². The van der Waals surface area contributed by atoms with Crippen LogP contribution in [0, 0.1) is 5.92 Å². The first-order valence-electron chi connectivity index (χ1n) is 10.4. The summed E-state index contributed by atoms with van der Waals surface area (Å²) < 4.78 is 5.69. The quantitative estimate of drug-likeness (QED) is 0.527. The topological polar surface area (TPSA) is 96.1 Å². The van der Waals surface area contributed by atoms with Gasteiger partial charge in [-0.3, -0.25) is 9.59 Å². The number of aromatic amines is 1. The molecule has 2 atom stereocenters. The van der Waals surface area contributed by atoms with E-state index in [0.717, 1.165) is 36.3 Å². The third kappa shape index (κ3) is 4.73. The second kappa shape index (κ2) is 9.08. The van der Waals surface area contributed by atoms with Crippen molar-refractivity contribution in [2.24, 2.45) is 5.92 Å². The number of anilines is 1. The summed E-state index contributed by atoms with van der Waals surface area (Å²) in [6.07, 6.45) is 1.97. The first-order chi connectivity index (χ1) is 14.9. The summed E-state index contributed by atoms with van der Waals surface area (Å²) in [7, 11) is 0. The molecular formula is C23H25ClN4O3. The molecule has 1 aromatic heterocycles. The number of fused-ring (bicyclic) bond motifs is 1. The fourth-order valence-corrected chi connectivity index (χ4v) is 3.89. The normalized spacial score (nSPS) is 17.1. The molecule has 0 bridgehead atoms. The van der Waals surface area contributed by atoms with Crippen molar-refractivity contribution < 1.29 is 14.3 Å². The van der Waals surface area contributed by atoms with Gasteiger partial charge in [0.1, 0.15) is 18.0 Å². The van der Waals surface area contributed by atoms with Crippen LogP contribution in [0.2, 0.25) is 5.02 Å². The van der Waals surface area contributed by atoms with Gasteiger partial charge in [-0.1, -0.05) is 37.6 Å². The Labute approximate surface area is 185 Å². The molecule has 2 amide bonds. The van der Waals surface area contributed by atoms with E-state index in [2.05, 4.69) is 20.6 Å². The lowest BCUT2D eigenvalue weighted by Crippen LogP contribution is -2.47. The van der Waals surface area contributed by atoms with Crippen molar-refractivity contribution in [3.8, 4) is 0 Å². The Hall–Kier alpha value is -2.90. The molecular weight excluding hydrogens is 416 g/mol. The molecule has 0 saturated carbocycles. The van der Waals surface area contributed by atoms with E-state index in [-0.39, 0.29) is 23.8 Å². The summed E-state index contributed by atoms with van der Waals surface area (Å²) in [6.45, 7) is 4.51. The highest BCUT2D eigenvalue weighted by Crippen LogP contribution is 2.28. The van der Waals surface area contributed by atoms with Crippen LogP contribution in [0.25, 0.3) is 11.0 Å². The van der Waals surface area contributed by atoms with Crippen LogP contribution in [-0.4, -0.2) is 34.4 Å². The zero-order valence-electron chi connectivity index (χ0n) is 17.4. The highest BCUT2D eigenvalue weighted by Gasteiger charge is 2.26. The molecule has 2 heterocycles. The minimum absolute atomic E-state index is 0.00390. The van der Waals surface area contributed by atoms with Crippen molar-refractivity contribution in [1.82, 2.24) is 15.3 Å². The summed E-state index contributed by atoms with van der Waals surface area (Å²) in [5.41, 5.74) is 2.60. The minimum Gasteiger partial charge on any atom is -0.370 e. The van der Waals surface area contributed by atoms with Crippen molar-refractivity contribution >= 4 is 40.1 Å². The summed E-state index contributed by atoms with van der Waals surface area (Å²) >= 11 is 6.12. The predicted octanol–water partition coefficient (Wildman–Crippen LogP) is 4.46. The zero-order chi connectivity index (χ0) is 22.0. The van der Waals surface area contributed by atoms with E-state index >= 15 is 0 Å². The molecule has 31 heavy (non-hydrogen) atoms. The van der Waals surface area contributed by atoms with Crippen LogP contribution in [0.15, 0.2) is 42.5 Å². The van der Waals surface area contributed by atoms with Gasteiger partial charge in [-0.25, -0.2) is 4.98 Å². The average molecular weight is 441 g/mol. The maximum Gasteiger partial charge on any atom is 0.253 e. The van der Waals surface area contributed by atoms with Crippen LogP contribution in [0.1, 0.15) is 49.0 Å². The molecule has 0 radical (unpaired) electrons. The number of carbonyl (C=O) groups is 2. The number of carbonyl (C=O) groups excluding carboxylic acids is 2. The number of halogens is 1. The lowest BCUT2D eigenvalue weighted by atomic mass is 10.0. The van der Waals surface area contributed by atoms with E-state index in [0.29, 0.717) is 16.3 Å². The highest BCUT2D eigenvalue weighted by atomic mass is 35.5. The fourth-order valence-electron chi connectivity index (χ4n) is 3.67. The number of nitrogens with one attached hydrogen (secondary N) is 3. The van der Waals surface area contributed by atoms with E-state index in [1.54, 1.807) is 30.3 Å². The number of imidazole rings is 1. The molecule has 1 aliphatic rings. The number of aromatic nitrogens is 2. The van der Waals surface area contributed by atoms with Crippen LogP contribution in [-0.2, 0) is 9.53 Å². The first-order valence-corrected chi connectivity index (χ1v) is 10.8. The highest BCUT2D eigenvalue weighted by molar-refractivity contribution is 6.33. The molecule has 1 saturated heterocycles. The van der Waals surface area contributed by atoms with Crippen LogP contribution >= 0.6 is 11.6 Å². The molecule has 7 nitrogen and oxygen atoms in total. The molecule has 2 unspecified atom stereocenters.